The molecule has 1 saturated heterocycles. The number of nitrogens with one attached hydrogen (secondary N) is 1. The molecule has 10 nitrogen and oxygen atoms in total. The molecule has 0 bridgehead atoms. The van der Waals surface area contributed by atoms with Crippen molar-refractivity contribution in [3.05, 3.63) is 16.7 Å². The average Bonchev–Trinajstić information content (AvgIpc) is 3.06. The number of aromatic nitrogens is 4. The van der Waals surface area contributed by atoms with E-state index in [0.717, 1.165) is 10.9 Å². The average molecular weight is 353 g/mol. The first-order chi connectivity index (χ1) is 11.8. The zero-order valence-corrected chi connectivity index (χ0v) is 13.0. The van der Waals surface area contributed by atoms with Gasteiger partial charge in [-0.15, -0.1) is 0 Å². The number of nitrogen functional groups attached to an aromatic ring is 1. The van der Waals surface area contributed by atoms with Crippen LogP contribution in [0.15, 0.2) is 11.1 Å². The number of anilines is 1. The molecule has 134 valence electrons. The second-order valence-corrected chi connectivity index (χ2v) is 5.67. The normalized spacial score (nSPS) is 30.2. The number of halogens is 1. The Hall–Kier alpha value is -2.52. The molecule has 3 rings (SSSR count). The van der Waals surface area contributed by atoms with Crippen LogP contribution in [-0.2, 0) is 4.74 Å². The van der Waals surface area contributed by atoms with Crippen LogP contribution >= 0.6 is 0 Å². The summed E-state index contributed by atoms with van der Waals surface area (Å²) in [4.78, 5) is 22.0. The number of ether oxygens (including phenoxy) is 1. The highest BCUT2D eigenvalue weighted by molar-refractivity contribution is 5.70. The maximum Gasteiger partial charge on any atom is 0.280 e. The fourth-order valence-corrected chi connectivity index (χ4v) is 2.80. The fourth-order valence-electron chi connectivity index (χ4n) is 2.80. The van der Waals surface area contributed by atoms with Crippen LogP contribution in [0.1, 0.15) is 13.2 Å². The predicted octanol–water partition coefficient (Wildman–Crippen LogP) is -1.96. The van der Waals surface area contributed by atoms with Gasteiger partial charge in [0.1, 0.15) is 18.9 Å². The number of imidazole rings is 1. The molecule has 3 heterocycles. The summed E-state index contributed by atoms with van der Waals surface area (Å²) in [5, 5.41) is 30.9. The minimum atomic E-state index is -2.26. The van der Waals surface area contributed by atoms with Gasteiger partial charge in [0.25, 0.3) is 5.56 Å². The van der Waals surface area contributed by atoms with E-state index in [2.05, 4.69) is 20.9 Å². The lowest BCUT2D eigenvalue weighted by Gasteiger charge is -2.26. The molecule has 1 unspecified atom stereocenters. The third kappa shape index (κ3) is 2.65. The number of fused-ring (bicyclic) bond motifs is 1. The minimum absolute atomic E-state index is 0.0230. The van der Waals surface area contributed by atoms with E-state index in [1.807, 2.05) is 5.92 Å². The maximum absolute atomic E-state index is 12.5. The molecule has 25 heavy (non-hydrogen) atoms. The van der Waals surface area contributed by atoms with Gasteiger partial charge in [0.2, 0.25) is 5.95 Å². The smallest absolute Gasteiger partial charge is 0.280 e. The van der Waals surface area contributed by atoms with Crippen molar-refractivity contribution in [2.75, 3.05) is 12.4 Å². The Kier molecular flexibility index (Phi) is 4.21. The summed E-state index contributed by atoms with van der Waals surface area (Å²) in [5.74, 6) is 4.08. The first-order valence-corrected chi connectivity index (χ1v) is 7.32. The van der Waals surface area contributed by atoms with Gasteiger partial charge in [0, 0.05) is 0 Å². The Morgan fingerprint density at radius 2 is 2.36 bits per heavy atom. The van der Waals surface area contributed by atoms with Gasteiger partial charge < -0.3 is 25.8 Å². The molecule has 2 aromatic rings. The Morgan fingerprint density at radius 3 is 3.00 bits per heavy atom. The Morgan fingerprint density at radius 1 is 1.64 bits per heavy atom. The van der Waals surface area contributed by atoms with Crippen molar-refractivity contribution in [2.24, 2.45) is 0 Å². The first-order valence-electron chi connectivity index (χ1n) is 7.32. The van der Waals surface area contributed by atoms with Crippen molar-refractivity contribution in [1.82, 2.24) is 19.5 Å². The molecule has 1 aliphatic rings. The van der Waals surface area contributed by atoms with Crippen molar-refractivity contribution >= 4 is 17.1 Å². The number of nitrogens with zero attached hydrogens (tertiary/aromatic N) is 3. The lowest BCUT2D eigenvalue weighted by atomic mass is 9.93. The molecule has 2 aromatic heterocycles. The number of hydrogen-bond donors (Lipinski definition) is 5. The summed E-state index contributed by atoms with van der Waals surface area (Å²) in [6.45, 7) is 0.295. The highest BCUT2D eigenvalue weighted by Gasteiger charge is 2.57. The lowest BCUT2D eigenvalue weighted by Crippen LogP contribution is -2.47. The van der Waals surface area contributed by atoms with Crippen LogP contribution in [0, 0.1) is 11.8 Å². The lowest BCUT2D eigenvalue weighted by molar-refractivity contribution is -0.0847. The van der Waals surface area contributed by atoms with Crippen LogP contribution in [-0.4, -0.2) is 65.4 Å². The van der Waals surface area contributed by atoms with Crippen LogP contribution in [0.3, 0.4) is 0 Å². The second-order valence-electron chi connectivity index (χ2n) is 5.67. The highest BCUT2D eigenvalue weighted by Crippen LogP contribution is 2.40. The Bertz CT molecular complexity index is 916. The third-order valence-corrected chi connectivity index (χ3v) is 3.96. The van der Waals surface area contributed by atoms with Crippen LogP contribution in [0.5, 0.6) is 0 Å². The van der Waals surface area contributed by atoms with Crippen molar-refractivity contribution in [3.8, 4) is 11.8 Å². The molecule has 0 radical (unpaired) electrons. The van der Waals surface area contributed by atoms with E-state index in [0.29, 0.717) is 0 Å². The summed E-state index contributed by atoms with van der Waals surface area (Å²) < 4.78 is 19.2. The van der Waals surface area contributed by atoms with E-state index in [-0.39, 0.29) is 17.1 Å². The Labute approximate surface area is 140 Å². The number of H-pyrrole nitrogens is 1. The molecule has 0 spiro atoms. The van der Waals surface area contributed by atoms with Gasteiger partial charge in [-0.2, -0.15) is 4.98 Å². The van der Waals surface area contributed by atoms with E-state index in [1.165, 1.54) is 6.92 Å². The quantitative estimate of drug-likeness (QED) is 0.389. The Balaban J connectivity index is 2.18. The molecule has 0 amide bonds. The fraction of sp³-hybridized carbons (Fsp3) is 0.500. The largest absolute Gasteiger partial charge is 0.391 e. The third-order valence-electron chi connectivity index (χ3n) is 3.96. The summed E-state index contributed by atoms with van der Waals surface area (Å²) in [5.41, 5.74) is 2.56. The molecule has 0 aromatic carbocycles. The summed E-state index contributed by atoms with van der Waals surface area (Å²) in [6.07, 6.45) is -4.26. The predicted molar refractivity (Wildman–Crippen MR) is 82.9 cm³/mol. The molecule has 6 N–H and O–H groups in total. The van der Waals surface area contributed by atoms with E-state index < -0.39 is 42.4 Å². The molecule has 0 aliphatic carbocycles. The number of aliphatic hydroxyl groups excluding tert-OH is 2. The SMILES string of the molecule is C[C@@H](O)[C@H]1O[C@@H](n2cnc3c(=O)[nH]c(N)nc32)C(O)(C#CCF)[C@H]1O. The van der Waals surface area contributed by atoms with Crippen molar-refractivity contribution in [2.45, 2.75) is 37.1 Å². The number of alkyl halides is 1. The topological polar surface area (TPSA) is 160 Å². The number of nitrogens with two attached hydrogens (primary N) is 1. The van der Waals surface area contributed by atoms with Crippen molar-refractivity contribution in [1.29, 1.82) is 0 Å². The number of hydrogen-bond acceptors (Lipinski definition) is 8. The van der Waals surface area contributed by atoms with Gasteiger partial charge in [-0.1, -0.05) is 11.8 Å². The van der Waals surface area contributed by atoms with Crippen molar-refractivity contribution < 1.29 is 24.4 Å². The van der Waals surface area contributed by atoms with E-state index in [9.17, 15) is 24.5 Å². The molecule has 1 fully saturated rings. The van der Waals surface area contributed by atoms with Gasteiger partial charge in [-0.3, -0.25) is 14.3 Å². The summed E-state index contributed by atoms with van der Waals surface area (Å²) in [6, 6.07) is 0. The molecule has 11 heteroatoms. The van der Waals surface area contributed by atoms with Crippen LogP contribution in [0.4, 0.5) is 10.3 Å². The summed E-state index contributed by atoms with van der Waals surface area (Å²) >= 11 is 0. The standard InChI is InChI=1S/C14H16FN5O5/c1-6(21)8-9(22)14(24,3-2-4-15)12(25-8)20-5-17-7-10(20)18-13(16)19-11(7)23/h5-6,8-9,12,21-22,24H,4H2,1H3,(H3,16,18,19,23)/t6-,8-,9+,12-,14?/m1/s1. The van der Waals surface area contributed by atoms with E-state index in [4.69, 9.17) is 10.5 Å². The molecular formula is C14H16FN5O5. The zero-order valence-electron chi connectivity index (χ0n) is 13.0. The van der Waals surface area contributed by atoms with Crippen LogP contribution in [0.2, 0.25) is 0 Å². The molecule has 5 atom stereocenters. The number of rotatable bonds is 2. The molecular weight excluding hydrogens is 337 g/mol. The highest BCUT2D eigenvalue weighted by atomic mass is 19.1. The maximum atomic E-state index is 12.5. The van der Waals surface area contributed by atoms with Gasteiger partial charge in [-0.05, 0) is 6.92 Å². The van der Waals surface area contributed by atoms with Gasteiger partial charge in [-0.25, -0.2) is 9.37 Å². The zero-order chi connectivity index (χ0) is 18.4. The van der Waals surface area contributed by atoms with E-state index in [1.54, 1.807) is 0 Å². The molecule has 0 saturated carbocycles. The molecule has 1 aliphatic heterocycles. The van der Waals surface area contributed by atoms with Gasteiger partial charge >= 0.3 is 0 Å². The van der Waals surface area contributed by atoms with Crippen molar-refractivity contribution in [3.63, 3.8) is 0 Å². The van der Waals surface area contributed by atoms with Gasteiger partial charge in [0.15, 0.2) is 23.0 Å². The second kappa shape index (κ2) is 6.08. The van der Waals surface area contributed by atoms with E-state index >= 15 is 0 Å². The summed E-state index contributed by atoms with van der Waals surface area (Å²) in [7, 11) is 0. The number of aliphatic hydroxyl groups is 3. The number of aromatic amines is 1. The van der Waals surface area contributed by atoms with Gasteiger partial charge in [0.05, 0.1) is 12.4 Å². The van der Waals surface area contributed by atoms with Crippen LogP contribution in [0.25, 0.3) is 11.2 Å². The first kappa shape index (κ1) is 17.3. The van der Waals surface area contributed by atoms with Crippen LogP contribution < -0.4 is 11.3 Å². The minimum Gasteiger partial charge on any atom is -0.391 e. The monoisotopic (exact) mass is 353 g/mol.